The summed E-state index contributed by atoms with van der Waals surface area (Å²) in [5.74, 6) is 0.576. The van der Waals surface area contributed by atoms with Gasteiger partial charge in [0.2, 0.25) is 0 Å². The molecule has 2 N–H and O–H groups in total. The average molecular weight is 249 g/mol. The smallest absolute Gasteiger partial charge is 0.339 e. The summed E-state index contributed by atoms with van der Waals surface area (Å²) < 4.78 is 4.92. The highest BCUT2D eigenvalue weighted by molar-refractivity contribution is 5.89. The molecule has 0 radical (unpaired) electrons. The summed E-state index contributed by atoms with van der Waals surface area (Å²) in [6.07, 6.45) is 3.55. The number of hydrogen-bond acceptors (Lipinski definition) is 5. The Morgan fingerprint density at radius 1 is 1.50 bits per heavy atom. The van der Waals surface area contributed by atoms with Gasteiger partial charge in [0.05, 0.1) is 12.2 Å². The van der Waals surface area contributed by atoms with Crippen LogP contribution < -0.4 is 10.6 Å². The maximum atomic E-state index is 11.5. The number of hydrogen-bond donors (Lipinski definition) is 1. The molecule has 0 unspecified atom stereocenters. The number of nitrogens with two attached hydrogens (primary N) is 1. The first-order valence-electron chi connectivity index (χ1n) is 6.34. The Morgan fingerprint density at radius 2 is 2.22 bits per heavy atom. The molecule has 2 rings (SSSR count). The lowest BCUT2D eigenvalue weighted by Crippen LogP contribution is -2.40. The van der Waals surface area contributed by atoms with E-state index < -0.39 is 0 Å². The fourth-order valence-electron chi connectivity index (χ4n) is 2.04. The van der Waals surface area contributed by atoms with Gasteiger partial charge in [-0.25, -0.2) is 9.78 Å². The Balaban J connectivity index is 2.01. The van der Waals surface area contributed by atoms with E-state index in [0.717, 1.165) is 31.7 Å². The van der Waals surface area contributed by atoms with E-state index in [1.807, 2.05) is 6.07 Å². The van der Waals surface area contributed by atoms with Gasteiger partial charge in [-0.05, 0) is 31.9 Å². The normalized spacial score (nSPS) is 16.7. The molecule has 98 valence electrons. The molecule has 1 aromatic rings. The first-order chi connectivity index (χ1) is 8.70. The maximum Gasteiger partial charge on any atom is 0.339 e. The number of pyridine rings is 1. The molecule has 0 saturated carbocycles. The largest absolute Gasteiger partial charge is 0.462 e. The first-order valence-corrected chi connectivity index (χ1v) is 6.34. The van der Waals surface area contributed by atoms with Crippen LogP contribution in [0.4, 0.5) is 5.82 Å². The van der Waals surface area contributed by atoms with Crippen molar-refractivity contribution in [1.29, 1.82) is 0 Å². The van der Waals surface area contributed by atoms with Crippen molar-refractivity contribution in [2.75, 3.05) is 24.6 Å². The van der Waals surface area contributed by atoms with Crippen molar-refractivity contribution in [3.8, 4) is 0 Å². The van der Waals surface area contributed by atoms with Crippen LogP contribution in [0.2, 0.25) is 0 Å². The van der Waals surface area contributed by atoms with Crippen LogP contribution in [0.5, 0.6) is 0 Å². The van der Waals surface area contributed by atoms with E-state index in [1.165, 1.54) is 0 Å². The summed E-state index contributed by atoms with van der Waals surface area (Å²) in [6.45, 7) is 4.01. The Labute approximate surface area is 107 Å². The lowest BCUT2D eigenvalue weighted by atomic mass is 10.1. The third kappa shape index (κ3) is 2.98. The molecule has 5 nitrogen and oxygen atoms in total. The Kier molecular flexibility index (Phi) is 4.15. The molecule has 1 saturated heterocycles. The van der Waals surface area contributed by atoms with Crippen LogP contribution in [-0.4, -0.2) is 36.7 Å². The zero-order valence-corrected chi connectivity index (χ0v) is 10.6. The van der Waals surface area contributed by atoms with E-state index in [4.69, 9.17) is 10.5 Å². The number of nitrogens with zero attached hydrogens (tertiary/aromatic N) is 2. The second-order valence-corrected chi connectivity index (χ2v) is 4.45. The van der Waals surface area contributed by atoms with Crippen molar-refractivity contribution in [2.45, 2.75) is 25.8 Å². The molecule has 1 aliphatic heterocycles. The van der Waals surface area contributed by atoms with Gasteiger partial charge < -0.3 is 15.4 Å². The quantitative estimate of drug-likeness (QED) is 0.815. The fraction of sp³-hybridized carbons (Fsp3) is 0.538. The van der Waals surface area contributed by atoms with Crippen LogP contribution >= 0.6 is 0 Å². The molecule has 1 fully saturated rings. The zero-order chi connectivity index (χ0) is 13.0. The summed E-state index contributed by atoms with van der Waals surface area (Å²) in [5, 5.41) is 0. The molecule has 0 amide bonds. The number of rotatable bonds is 3. The van der Waals surface area contributed by atoms with Gasteiger partial charge in [0.15, 0.2) is 0 Å². The Hall–Kier alpha value is -1.62. The van der Waals surface area contributed by atoms with Crippen LogP contribution in [0.3, 0.4) is 0 Å². The lowest BCUT2D eigenvalue weighted by Gasteiger charge is -2.31. The number of carbonyl (C=O) groups excluding carboxylic acids is 1. The SMILES string of the molecule is CCOC(=O)c1ccc(N2CCC(N)CC2)nc1. The predicted molar refractivity (Wildman–Crippen MR) is 69.6 cm³/mol. The number of anilines is 1. The van der Waals surface area contributed by atoms with E-state index >= 15 is 0 Å². The zero-order valence-electron chi connectivity index (χ0n) is 10.6. The van der Waals surface area contributed by atoms with Crippen molar-refractivity contribution in [2.24, 2.45) is 5.73 Å². The maximum absolute atomic E-state index is 11.5. The number of aromatic nitrogens is 1. The molecular formula is C13H19N3O2. The van der Waals surface area contributed by atoms with Gasteiger partial charge in [-0.2, -0.15) is 0 Å². The summed E-state index contributed by atoms with van der Waals surface area (Å²) in [5.41, 5.74) is 6.36. The predicted octanol–water partition coefficient (Wildman–Crippen LogP) is 1.19. The number of esters is 1. The lowest BCUT2D eigenvalue weighted by molar-refractivity contribution is 0.0526. The van der Waals surface area contributed by atoms with E-state index in [-0.39, 0.29) is 5.97 Å². The molecule has 0 spiro atoms. The Morgan fingerprint density at radius 3 is 2.78 bits per heavy atom. The molecule has 0 atom stereocenters. The topological polar surface area (TPSA) is 68.5 Å². The molecule has 1 aromatic heterocycles. The molecule has 0 aliphatic carbocycles. The van der Waals surface area contributed by atoms with E-state index in [1.54, 1.807) is 19.2 Å². The Bertz CT molecular complexity index is 397. The molecule has 18 heavy (non-hydrogen) atoms. The summed E-state index contributed by atoms with van der Waals surface area (Å²) in [6, 6.07) is 3.93. The van der Waals surface area contributed by atoms with Crippen LogP contribution in [0, 0.1) is 0 Å². The van der Waals surface area contributed by atoms with Crippen molar-refractivity contribution in [1.82, 2.24) is 4.98 Å². The van der Waals surface area contributed by atoms with E-state index in [9.17, 15) is 4.79 Å². The van der Waals surface area contributed by atoms with Gasteiger partial charge in [-0.1, -0.05) is 0 Å². The van der Waals surface area contributed by atoms with Gasteiger partial charge in [-0.3, -0.25) is 0 Å². The van der Waals surface area contributed by atoms with E-state index in [0.29, 0.717) is 18.2 Å². The van der Waals surface area contributed by atoms with Crippen LogP contribution in [-0.2, 0) is 4.74 Å². The monoisotopic (exact) mass is 249 g/mol. The van der Waals surface area contributed by atoms with Crippen molar-refractivity contribution < 1.29 is 9.53 Å². The molecule has 2 heterocycles. The van der Waals surface area contributed by atoms with E-state index in [2.05, 4.69) is 9.88 Å². The standard InChI is InChI=1S/C13H19N3O2/c1-2-18-13(17)10-3-4-12(15-9-10)16-7-5-11(14)6-8-16/h3-4,9,11H,2,5-8,14H2,1H3. The minimum Gasteiger partial charge on any atom is -0.462 e. The number of ether oxygens (including phenoxy) is 1. The highest BCUT2D eigenvalue weighted by Crippen LogP contribution is 2.17. The molecule has 0 bridgehead atoms. The molecule has 0 aromatic carbocycles. The molecule has 5 heteroatoms. The van der Waals surface area contributed by atoms with Gasteiger partial charge in [0.1, 0.15) is 5.82 Å². The van der Waals surface area contributed by atoms with Crippen LogP contribution in [0.1, 0.15) is 30.1 Å². The molecule has 1 aliphatic rings. The fourth-order valence-corrected chi connectivity index (χ4v) is 2.04. The van der Waals surface area contributed by atoms with Gasteiger partial charge >= 0.3 is 5.97 Å². The first kappa shape index (κ1) is 12.8. The van der Waals surface area contributed by atoms with Crippen molar-refractivity contribution in [3.05, 3.63) is 23.9 Å². The third-order valence-electron chi connectivity index (χ3n) is 3.12. The van der Waals surface area contributed by atoms with Gasteiger partial charge in [0, 0.05) is 25.3 Å². The highest BCUT2D eigenvalue weighted by Gasteiger charge is 2.17. The average Bonchev–Trinajstić information content (AvgIpc) is 2.40. The summed E-state index contributed by atoms with van der Waals surface area (Å²) in [7, 11) is 0. The second-order valence-electron chi connectivity index (χ2n) is 4.45. The second kappa shape index (κ2) is 5.82. The summed E-state index contributed by atoms with van der Waals surface area (Å²) >= 11 is 0. The minimum atomic E-state index is -0.322. The summed E-state index contributed by atoms with van der Waals surface area (Å²) in [4.78, 5) is 18.0. The minimum absolute atomic E-state index is 0.306. The highest BCUT2D eigenvalue weighted by atomic mass is 16.5. The van der Waals surface area contributed by atoms with Crippen LogP contribution in [0.25, 0.3) is 0 Å². The molecular weight excluding hydrogens is 230 g/mol. The van der Waals surface area contributed by atoms with Crippen molar-refractivity contribution in [3.63, 3.8) is 0 Å². The van der Waals surface area contributed by atoms with Gasteiger partial charge in [0.25, 0.3) is 0 Å². The van der Waals surface area contributed by atoms with Gasteiger partial charge in [-0.15, -0.1) is 0 Å². The number of piperidine rings is 1. The van der Waals surface area contributed by atoms with Crippen LogP contribution in [0.15, 0.2) is 18.3 Å². The van der Waals surface area contributed by atoms with Crippen molar-refractivity contribution >= 4 is 11.8 Å². The number of carbonyl (C=O) groups is 1. The third-order valence-corrected chi connectivity index (χ3v) is 3.12.